The van der Waals surface area contributed by atoms with Crippen LogP contribution in [0, 0.1) is 17.1 Å². The van der Waals surface area contributed by atoms with Gasteiger partial charge in [0.2, 0.25) is 5.95 Å². The summed E-state index contributed by atoms with van der Waals surface area (Å²) in [5.74, 6) is -0.314. The van der Waals surface area contributed by atoms with Crippen LogP contribution in [0.3, 0.4) is 0 Å². The molecule has 0 amide bonds. The second-order valence-corrected chi connectivity index (χ2v) is 4.33. The molecule has 0 aliphatic heterocycles. The van der Waals surface area contributed by atoms with Crippen LogP contribution in [0.15, 0.2) is 36.5 Å². The average molecular weight is 279 g/mol. The summed E-state index contributed by atoms with van der Waals surface area (Å²) in [4.78, 5) is 12.1. The summed E-state index contributed by atoms with van der Waals surface area (Å²) in [7, 11) is 1.64. The molecular formula is C15H10FN5. The van der Waals surface area contributed by atoms with Crippen molar-refractivity contribution in [2.24, 2.45) is 0 Å². The number of hydrogen-bond acceptors (Lipinski definition) is 5. The Bertz CT molecular complexity index is 870. The number of halogens is 1. The van der Waals surface area contributed by atoms with Crippen LogP contribution in [-0.4, -0.2) is 22.0 Å². The van der Waals surface area contributed by atoms with E-state index >= 15 is 0 Å². The lowest BCUT2D eigenvalue weighted by Crippen LogP contribution is -2.01. The number of fused-ring (bicyclic) bond motifs is 1. The van der Waals surface area contributed by atoms with Crippen LogP contribution in [-0.2, 0) is 0 Å². The molecule has 1 N–H and O–H groups in total. The van der Waals surface area contributed by atoms with Crippen molar-refractivity contribution in [1.82, 2.24) is 15.0 Å². The van der Waals surface area contributed by atoms with Crippen LogP contribution >= 0.6 is 0 Å². The molecule has 5 nitrogen and oxygen atoms in total. The number of para-hydroxylation sites is 1. The van der Waals surface area contributed by atoms with Gasteiger partial charge in [0.1, 0.15) is 11.8 Å². The van der Waals surface area contributed by atoms with Gasteiger partial charge >= 0.3 is 0 Å². The zero-order valence-electron chi connectivity index (χ0n) is 11.1. The Hall–Kier alpha value is -3.07. The van der Waals surface area contributed by atoms with E-state index in [1.54, 1.807) is 19.2 Å². The van der Waals surface area contributed by atoms with Crippen LogP contribution < -0.4 is 5.32 Å². The molecular weight excluding hydrogens is 269 g/mol. The first-order valence-electron chi connectivity index (χ1n) is 6.23. The van der Waals surface area contributed by atoms with E-state index in [1.807, 2.05) is 24.3 Å². The highest BCUT2D eigenvalue weighted by Gasteiger charge is 2.15. The molecule has 0 bridgehead atoms. The molecule has 0 radical (unpaired) electrons. The molecule has 0 aliphatic rings. The molecule has 102 valence electrons. The van der Waals surface area contributed by atoms with Crippen molar-refractivity contribution < 1.29 is 4.39 Å². The molecule has 2 aromatic heterocycles. The maximum Gasteiger partial charge on any atom is 0.223 e. The highest BCUT2D eigenvalue weighted by Crippen LogP contribution is 2.27. The summed E-state index contributed by atoms with van der Waals surface area (Å²) in [6.45, 7) is 0. The van der Waals surface area contributed by atoms with Crippen molar-refractivity contribution in [3.05, 3.63) is 48.0 Å². The second kappa shape index (κ2) is 5.13. The minimum absolute atomic E-state index is 0.0594. The molecule has 0 saturated heterocycles. The Morgan fingerprint density at radius 2 is 2.05 bits per heavy atom. The third-order valence-electron chi connectivity index (χ3n) is 3.05. The van der Waals surface area contributed by atoms with E-state index < -0.39 is 5.82 Å². The monoisotopic (exact) mass is 279 g/mol. The van der Waals surface area contributed by atoms with Crippen LogP contribution in [0.25, 0.3) is 22.2 Å². The molecule has 0 aliphatic carbocycles. The predicted molar refractivity (Wildman–Crippen MR) is 77.0 cm³/mol. The average Bonchev–Trinajstić information content (AvgIpc) is 2.54. The van der Waals surface area contributed by atoms with Crippen molar-refractivity contribution in [3.8, 4) is 17.3 Å². The summed E-state index contributed by atoms with van der Waals surface area (Å²) < 4.78 is 14.0. The molecule has 2 heterocycles. The van der Waals surface area contributed by atoms with E-state index in [1.165, 1.54) is 0 Å². The van der Waals surface area contributed by atoms with E-state index in [0.717, 1.165) is 11.6 Å². The number of pyridine rings is 1. The van der Waals surface area contributed by atoms with Crippen molar-refractivity contribution in [3.63, 3.8) is 0 Å². The fourth-order valence-electron chi connectivity index (χ4n) is 2.06. The molecule has 21 heavy (non-hydrogen) atoms. The third-order valence-corrected chi connectivity index (χ3v) is 3.05. The Balaban J connectivity index is 2.31. The largest absolute Gasteiger partial charge is 0.357 e. The molecule has 3 rings (SSSR count). The summed E-state index contributed by atoms with van der Waals surface area (Å²) >= 11 is 0. The first kappa shape index (κ1) is 12.9. The number of rotatable bonds is 2. The van der Waals surface area contributed by atoms with Crippen LogP contribution in [0.2, 0.25) is 0 Å². The molecule has 0 fully saturated rings. The predicted octanol–water partition coefficient (Wildman–Crippen LogP) is 2.74. The van der Waals surface area contributed by atoms with Crippen molar-refractivity contribution in [2.45, 2.75) is 0 Å². The fraction of sp³-hybridized carbons (Fsp3) is 0.0667. The van der Waals surface area contributed by atoms with Gasteiger partial charge in [-0.2, -0.15) is 5.26 Å². The fourth-order valence-corrected chi connectivity index (χ4v) is 2.06. The molecule has 0 atom stereocenters. The number of nitrogens with zero attached hydrogens (tertiary/aromatic N) is 4. The number of aromatic nitrogens is 3. The van der Waals surface area contributed by atoms with E-state index in [2.05, 4.69) is 20.3 Å². The Morgan fingerprint density at radius 3 is 2.81 bits per heavy atom. The van der Waals surface area contributed by atoms with Gasteiger partial charge in [-0.25, -0.2) is 19.3 Å². The number of nitriles is 1. The quantitative estimate of drug-likeness (QED) is 0.780. The number of anilines is 1. The normalized spacial score (nSPS) is 10.3. The lowest BCUT2D eigenvalue weighted by atomic mass is 10.1. The van der Waals surface area contributed by atoms with Crippen molar-refractivity contribution in [2.75, 3.05) is 12.4 Å². The SMILES string of the molecule is CNc1ncc(F)c(-c2cc3ccccc3nc2C#N)n1. The first-order valence-corrected chi connectivity index (χ1v) is 6.23. The van der Waals surface area contributed by atoms with Gasteiger partial charge < -0.3 is 5.32 Å². The number of nitrogens with one attached hydrogen (secondary N) is 1. The molecule has 6 heteroatoms. The van der Waals surface area contributed by atoms with Gasteiger partial charge in [0, 0.05) is 18.0 Å². The van der Waals surface area contributed by atoms with Crippen LogP contribution in [0.4, 0.5) is 10.3 Å². The third kappa shape index (κ3) is 2.25. The van der Waals surface area contributed by atoms with Crippen LogP contribution in [0.5, 0.6) is 0 Å². The highest BCUT2D eigenvalue weighted by atomic mass is 19.1. The maximum atomic E-state index is 14.0. The number of benzene rings is 1. The Kier molecular flexibility index (Phi) is 3.16. The lowest BCUT2D eigenvalue weighted by molar-refractivity contribution is 0.618. The lowest BCUT2D eigenvalue weighted by Gasteiger charge is -2.07. The summed E-state index contributed by atoms with van der Waals surface area (Å²) in [6, 6.07) is 11.0. The molecule has 0 spiro atoms. The Labute approximate surface area is 120 Å². The van der Waals surface area contributed by atoms with E-state index in [4.69, 9.17) is 0 Å². The maximum absolute atomic E-state index is 14.0. The zero-order valence-corrected chi connectivity index (χ0v) is 11.1. The van der Waals surface area contributed by atoms with Crippen molar-refractivity contribution in [1.29, 1.82) is 5.26 Å². The molecule has 1 aromatic carbocycles. The topological polar surface area (TPSA) is 74.5 Å². The van der Waals surface area contributed by atoms with E-state index in [-0.39, 0.29) is 17.3 Å². The van der Waals surface area contributed by atoms with E-state index in [9.17, 15) is 9.65 Å². The second-order valence-electron chi connectivity index (χ2n) is 4.33. The van der Waals surface area contributed by atoms with Gasteiger partial charge in [0.25, 0.3) is 0 Å². The summed E-state index contributed by atoms with van der Waals surface area (Å²) in [5.41, 5.74) is 1.23. The summed E-state index contributed by atoms with van der Waals surface area (Å²) in [6.07, 6.45) is 1.07. The van der Waals surface area contributed by atoms with Gasteiger partial charge in [-0.05, 0) is 12.1 Å². The van der Waals surface area contributed by atoms with E-state index in [0.29, 0.717) is 11.1 Å². The Morgan fingerprint density at radius 1 is 1.24 bits per heavy atom. The smallest absolute Gasteiger partial charge is 0.223 e. The van der Waals surface area contributed by atoms with Gasteiger partial charge in [0.15, 0.2) is 11.5 Å². The van der Waals surface area contributed by atoms with Crippen molar-refractivity contribution >= 4 is 16.9 Å². The van der Waals surface area contributed by atoms with Gasteiger partial charge in [0.05, 0.1) is 11.7 Å². The molecule has 3 aromatic rings. The van der Waals surface area contributed by atoms with Gasteiger partial charge in [-0.3, -0.25) is 0 Å². The minimum atomic E-state index is -0.595. The molecule has 0 saturated carbocycles. The summed E-state index contributed by atoms with van der Waals surface area (Å²) in [5, 5.41) is 12.8. The minimum Gasteiger partial charge on any atom is -0.357 e. The zero-order chi connectivity index (χ0) is 14.8. The van der Waals surface area contributed by atoms with Gasteiger partial charge in [-0.1, -0.05) is 18.2 Å². The van der Waals surface area contributed by atoms with Crippen LogP contribution in [0.1, 0.15) is 5.69 Å². The van der Waals surface area contributed by atoms with Gasteiger partial charge in [-0.15, -0.1) is 0 Å². The first-order chi connectivity index (χ1) is 10.2. The number of hydrogen-bond donors (Lipinski definition) is 1. The highest BCUT2D eigenvalue weighted by molar-refractivity contribution is 5.85. The molecule has 0 unspecified atom stereocenters. The standard InChI is InChI=1S/C15H10FN5/c1-18-15-19-8-11(16)14(21-15)10-6-9-4-2-3-5-12(9)20-13(10)7-17/h2-6,8H,1H3,(H,18,19,21).